The van der Waals surface area contributed by atoms with E-state index < -0.39 is 0 Å². The topological polar surface area (TPSA) is 95.9 Å². The van der Waals surface area contributed by atoms with Gasteiger partial charge in [-0.2, -0.15) is 9.97 Å². The second-order valence-corrected chi connectivity index (χ2v) is 4.75. The SMILES string of the molecule is CCOC(=O)C1C/C1=C/n1cnc2c(N)nc(Cl)nc21. The number of rotatable bonds is 3. The third-order valence-corrected chi connectivity index (χ3v) is 3.19. The number of aromatic nitrogens is 4. The third-order valence-electron chi connectivity index (χ3n) is 3.02. The summed E-state index contributed by atoms with van der Waals surface area (Å²) in [5, 5.41) is 0.0629. The van der Waals surface area contributed by atoms with Gasteiger partial charge < -0.3 is 10.5 Å². The first-order chi connectivity index (χ1) is 9.60. The van der Waals surface area contributed by atoms with Gasteiger partial charge in [0, 0.05) is 6.20 Å². The minimum atomic E-state index is -0.199. The van der Waals surface area contributed by atoms with Crippen LogP contribution in [-0.2, 0) is 9.53 Å². The Kier molecular flexibility index (Phi) is 3.06. The van der Waals surface area contributed by atoms with Crippen LogP contribution in [0.3, 0.4) is 0 Å². The maximum atomic E-state index is 11.6. The number of carbonyl (C=O) groups is 1. The van der Waals surface area contributed by atoms with E-state index >= 15 is 0 Å². The smallest absolute Gasteiger partial charge is 0.313 e. The number of halogens is 1. The van der Waals surface area contributed by atoms with Crippen LogP contribution in [0, 0.1) is 5.92 Å². The van der Waals surface area contributed by atoms with E-state index in [1.807, 2.05) is 0 Å². The van der Waals surface area contributed by atoms with Gasteiger partial charge in [0.15, 0.2) is 17.0 Å². The Bertz CT molecular complexity index is 724. The summed E-state index contributed by atoms with van der Waals surface area (Å²) in [6.07, 6.45) is 4.06. The highest BCUT2D eigenvalue weighted by atomic mass is 35.5. The van der Waals surface area contributed by atoms with Crippen molar-refractivity contribution in [3.8, 4) is 0 Å². The van der Waals surface area contributed by atoms with Gasteiger partial charge in [-0.05, 0) is 30.5 Å². The summed E-state index contributed by atoms with van der Waals surface area (Å²) < 4.78 is 6.66. The summed E-state index contributed by atoms with van der Waals surface area (Å²) >= 11 is 5.79. The van der Waals surface area contributed by atoms with E-state index in [0.717, 1.165) is 5.57 Å². The van der Waals surface area contributed by atoms with Crippen molar-refractivity contribution in [2.24, 2.45) is 5.92 Å². The van der Waals surface area contributed by atoms with E-state index in [0.29, 0.717) is 24.2 Å². The highest BCUT2D eigenvalue weighted by Crippen LogP contribution is 2.39. The standard InChI is InChI=1S/C12H12ClN5O2/c1-2-20-11(19)7-3-6(7)4-18-5-15-8-9(14)16-12(13)17-10(8)18/h4-5,7H,2-3H2,1H3,(H2,14,16,17)/b6-4-. The van der Waals surface area contributed by atoms with Crippen LogP contribution in [0.15, 0.2) is 11.9 Å². The monoisotopic (exact) mass is 293 g/mol. The number of ether oxygens (including phenoxy) is 1. The van der Waals surface area contributed by atoms with Crippen LogP contribution in [0.25, 0.3) is 17.4 Å². The average Bonchev–Trinajstić information content (AvgIpc) is 3.04. The fourth-order valence-corrected chi connectivity index (χ4v) is 2.15. The van der Waals surface area contributed by atoms with E-state index in [1.54, 1.807) is 24.0 Å². The molecule has 1 fully saturated rings. The van der Waals surface area contributed by atoms with Crippen molar-refractivity contribution in [3.05, 3.63) is 17.2 Å². The van der Waals surface area contributed by atoms with Crippen LogP contribution in [0.1, 0.15) is 13.3 Å². The number of hydrogen-bond donors (Lipinski definition) is 1. The van der Waals surface area contributed by atoms with Crippen LogP contribution in [0.5, 0.6) is 0 Å². The number of nitrogens with two attached hydrogens (primary N) is 1. The van der Waals surface area contributed by atoms with Gasteiger partial charge in [0.1, 0.15) is 6.33 Å². The summed E-state index contributed by atoms with van der Waals surface area (Å²) in [5.41, 5.74) is 7.70. The molecule has 1 aliphatic rings. The van der Waals surface area contributed by atoms with E-state index in [2.05, 4.69) is 15.0 Å². The molecule has 0 amide bonds. The number of fused-ring (bicyclic) bond motifs is 1. The van der Waals surface area contributed by atoms with Crippen molar-refractivity contribution in [2.45, 2.75) is 13.3 Å². The second-order valence-electron chi connectivity index (χ2n) is 4.41. The fourth-order valence-electron chi connectivity index (χ4n) is 1.98. The molecule has 3 rings (SSSR count). The Morgan fingerprint density at radius 1 is 1.65 bits per heavy atom. The van der Waals surface area contributed by atoms with Crippen molar-refractivity contribution in [1.29, 1.82) is 0 Å². The molecule has 1 atom stereocenters. The van der Waals surface area contributed by atoms with Crippen LogP contribution in [0.2, 0.25) is 5.28 Å². The predicted octanol–water partition coefficient (Wildman–Crippen LogP) is 1.49. The molecule has 7 nitrogen and oxygen atoms in total. The number of nitrogen functional groups attached to an aromatic ring is 1. The first-order valence-corrected chi connectivity index (χ1v) is 6.50. The van der Waals surface area contributed by atoms with Crippen molar-refractivity contribution in [2.75, 3.05) is 12.3 Å². The Morgan fingerprint density at radius 3 is 3.20 bits per heavy atom. The normalized spacial score (nSPS) is 19.5. The van der Waals surface area contributed by atoms with Gasteiger partial charge in [0.05, 0.1) is 12.5 Å². The Hall–Kier alpha value is -2.15. The largest absolute Gasteiger partial charge is 0.466 e. The first-order valence-electron chi connectivity index (χ1n) is 6.13. The Morgan fingerprint density at radius 2 is 2.45 bits per heavy atom. The lowest BCUT2D eigenvalue weighted by Gasteiger charge is -1.98. The molecule has 0 saturated heterocycles. The summed E-state index contributed by atoms with van der Waals surface area (Å²) in [4.78, 5) is 23.6. The van der Waals surface area contributed by atoms with Crippen LogP contribution in [0.4, 0.5) is 5.82 Å². The minimum Gasteiger partial charge on any atom is -0.466 e. The lowest BCUT2D eigenvalue weighted by atomic mass is 10.4. The molecule has 8 heteroatoms. The van der Waals surface area contributed by atoms with Gasteiger partial charge >= 0.3 is 5.97 Å². The highest BCUT2D eigenvalue weighted by molar-refractivity contribution is 6.28. The number of esters is 1. The maximum Gasteiger partial charge on any atom is 0.313 e. The summed E-state index contributed by atoms with van der Waals surface area (Å²) in [7, 11) is 0. The van der Waals surface area contributed by atoms with E-state index in [9.17, 15) is 4.79 Å². The van der Waals surface area contributed by atoms with E-state index in [1.165, 1.54) is 0 Å². The number of imidazole rings is 1. The lowest BCUT2D eigenvalue weighted by Crippen LogP contribution is -2.05. The Balaban J connectivity index is 1.92. The van der Waals surface area contributed by atoms with Gasteiger partial charge in [-0.1, -0.05) is 0 Å². The number of carbonyl (C=O) groups excluding carboxylic acids is 1. The van der Waals surface area contributed by atoms with Gasteiger partial charge in [-0.3, -0.25) is 9.36 Å². The summed E-state index contributed by atoms with van der Waals surface area (Å²) in [6, 6.07) is 0. The zero-order valence-corrected chi connectivity index (χ0v) is 11.5. The summed E-state index contributed by atoms with van der Waals surface area (Å²) in [6.45, 7) is 2.17. The van der Waals surface area contributed by atoms with Crippen molar-refractivity contribution >= 4 is 40.8 Å². The van der Waals surface area contributed by atoms with Gasteiger partial charge in [0.25, 0.3) is 0 Å². The van der Waals surface area contributed by atoms with Crippen LogP contribution in [-0.4, -0.2) is 32.1 Å². The molecule has 1 aliphatic carbocycles. The molecule has 2 heterocycles. The molecule has 104 valence electrons. The molecule has 1 unspecified atom stereocenters. The molecule has 1 saturated carbocycles. The fraction of sp³-hybridized carbons (Fsp3) is 0.333. The molecule has 0 radical (unpaired) electrons. The quantitative estimate of drug-likeness (QED) is 0.680. The van der Waals surface area contributed by atoms with Crippen LogP contribution < -0.4 is 5.73 Å². The molecule has 0 aliphatic heterocycles. The second kappa shape index (κ2) is 4.75. The molecule has 0 aromatic carbocycles. The molecule has 2 N–H and O–H groups in total. The minimum absolute atomic E-state index is 0.0629. The molecule has 0 spiro atoms. The Labute approximate surface area is 119 Å². The van der Waals surface area contributed by atoms with Gasteiger partial charge in [-0.25, -0.2) is 4.98 Å². The van der Waals surface area contributed by atoms with E-state index in [4.69, 9.17) is 22.1 Å². The molecule has 2 aromatic heterocycles. The molecular weight excluding hydrogens is 282 g/mol. The lowest BCUT2D eigenvalue weighted by molar-refractivity contribution is -0.144. The third kappa shape index (κ3) is 2.20. The predicted molar refractivity (Wildman–Crippen MR) is 73.8 cm³/mol. The first kappa shape index (κ1) is 12.9. The van der Waals surface area contributed by atoms with Crippen molar-refractivity contribution in [1.82, 2.24) is 19.5 Å². The van der Waals surface area contributed by atoms with Crippen LogP contribution >= 0.6 is 11.6 Å². The van der Waals surface area contributed by atoms with Crippen molar-refractivity contribution in [3.63, 3.8) is 0 Å². The molecule has 20 heavy (non-hydrogen) atoms. The number of nitrogens with zero attached hydrogens (tertiary/aromatic N) is 4. The maximum absolute atomic E-state index is 11.6. The van der Waals surface area contributed by atoms with Gasteiger partial charge in [-0.15, -0.1) is 0 Å². The zero-order valence-electron chi connectivity index (χ0n) is 10.7. The number of hydrogen-bond acceptors (Lipinski definition) is 6. The molecule has 0 bridgehead atoms. The van der Waals surface area contributed by atoms with Crippen molar-refractivity contribution < 1.29 is 9.53 Å². The van der Waals surface area contributed by atoms with Gasteiger partial charge in [0.2, 0.25) is 5.28 Å². The molecular formula is C12H12ClN5O2. The average molecular weight is 294 g/mol. The number of anilines is 1. The van der Waals surface area contributed by atoms with E-state index in [-0.39, 0.29) is 23.0 Å². The zero-order chi connectivity index (χ0) is 14.3. The summed E-state index contributed by atoms with van der Waals surface area (Å²) in [5.74, 6) is -0.132. The highest BCUT2D eigenvalue weighted by Gasteiger charge is 2.38. The molecule has 2 aromatic rings.